The van der Waals surface area contributed by atoms with Gasteiger partial charge in [0.05, 0.1) is 7.11 Å². The van der Waals surface area contributed by atoms with Crippen molar-refractivity contribution in [2.24, 2.45) is 0 Å². The van der Waals surface area contributed by atoms with Crippen LogP contribution in [0.15, 0.2) is 36.6 Å². The predicted molar refractivity (Wildman–Crippen MR) is 46.5 cm³/mol. The Balaban J connectivity index is 0.00000169. The van der Waals surface area contributed by atoms with Gasteiger partial charge in [-0.1, -0.05) is 12.1 Å². The number of hydrogen-bond acceptors (Lipinski definition) is 3. The van der Waals surface area contributed by atoms with Crippen LogP contribution in [0.25, 0.3) is 0 Å². The van der Waals surface area contributed by atoms with Crippen molar-refractivity contribution in [1.82, 2.24) is 0 Å². The first-order chi connectivity index (χ1) is 6.27. The quantitative estimate of drug-likeness (QED) is 0.240. The molecule has 4 heteroatoms. The zero-order valence-corrected chi connectivity index (χ0v) is 10.2. The summed E-state index contributed by atoms with van der Waals surface area (Å²) in [5.74, 6) is 0.291. The maximum atomic E-state index is 11.2. The molecule has 0 radical (unpaired) electrons. The second-order valence-corrected chi connectivity index (χ2v) is 2.40. The number of methoxy groups -OCH3 is 1. The van der Waals surface area contributed by atoms with Crippen LogP contribution in [-0.2, 0) is 0 Å². The van der Waals surface area contributed by atoms with E-state index in [1.165, 1.54) is 7.11 Å². The fourth-order valence-electron chi connectivity index (χ4n) is 0.934. The molecular weight excluding hydrogens is 191 g/mol. The molecule has 3 nitrogen and oxygen atoms in total. The third-order valence-corrected chi connectivity index (χ3v) is 1.57. The van der Waals surface area contributed by atoms with Crippen molar-refractivity contribution in [1.29, 1.82) is 0 Å². The number of allylic oxidation sites excluding steroid dienone is 1. The standard InChI is InChI=1S/C10H10O3.Na/c1-13-9-4-2-3-8(7-9)10(12)5-6-11;/h2-7,11H,1H3;/q;+1/p-1. The van der Waals surface area contributed by atoms with Crippen molar-refractivity contribution < 1.29 is 44.2 Å². The number of carbonyl (C=O) groups is 1. The maximum absolute atomic E-state index is 11.2. The Morgan fingerprint density at radius 1 is 1.50 bits per heavy atom. The maximum Gasteiger partial charge on any atom is 1.00 e. The largest absolute Gasteiger partial charge is 1.00 e. The first kappa shape index (κ1) is 13.2. The van der Waals surface area contributed by atoms with Gasteiger partial charge in [0.25, 0.3) is 0 Å². The van der Waals surface area contributed by atoms with Crippen LogP contribution in [0.2, 0.25) is 0 Å². The number of ether oxygens (including phenoxy) is 1. The minimum Gasteiger partial charge on any atom is -0.878 e. The van der Waals surface area contributed by atoms with Crippen LogP contribution >= 0.6 is 0 Å². The molecule has 0 atom stereocenters. The third-order valence-electron chi connectivity index (χ3n) is 1.57. The molecule has 1 aromatic carbocycles. The van der Waals surface area contributed by atoms with Gasteiger partial charge in [0.15, 0.2) is 5.78 Å². The molecule has 0 aromatic heterocycles. The van der Waals surface area contributed by atoms with Crippen molar-refractivity contribution in [3.05, 3.63) is 42.2 Å². The van der Waals surface area contributed by atoms with Gasteiger partial charge in [0, 0.05) is 5.56 Å². The van der Waals surface area contributed by atoms with Gasteiger partial charge < -0.3 is 9.84 Å². The van der Waals surface area contributed by atoms with Crippen LogP contribution in [0.3, 0.4) is 0 Å². The molecule has 0 bridgehead atoms. The van der Waals surface area contributed by atoms with Gasteiger partial charge in [-0.2, -0.15) is 0 Å². The monoisotopic (exact) mass is 200 g/mol. The molecule has 0 unspecified atom stereocenters. The summed E-state index contributed by atoms with van der Waals surface area (Å²) in [6, 6.07) is 6.65. The number of benzene rings is 1. The summed E-state index contributed by atoms with van der Waals surface area (Å²) in [6.45, 7) is 0. The van der Waals surface area contributed by atoms with Crippen LogP contribution in [0, 0.1) is 0 Å². The van der Waals surface area contributed by atoms with E-state index in [4.69, 9.17) is 4.74 Å². The Morgan fingerprint density at radius 2 is 2.21 bits per heavy atom. The summed E-state index contributed by atoms with van der Waals surface area (Å²) in [5, 5.41) is 10.0. The normalized spacial score (nSPS) is 9.50. The number of rotatable bonds is 3. The Kier molecular flexibility index (Phi) is 6.28. The smallest absolute Gasteiger partial charge is 0.878 e. The Labute approximate surface area is 105 Å². The molecule has 0 aliphatic carbocycles. The van der Waals surface area contributed by atoms with E-state index in [0.29, 0.717) is 17.6 Å². The van der Waals surface area contributed by atoms with Crippen molar-refractivity contribution in [3.63, 3.8) is 0 Å². The predicted octanol–water partition coefficient (Wildman–Crippen LogP) is -2.24. The van der Waals surface area contributed by atoms with Crippen LogP contribution in [0.5, 0.6) is 5.75 Å². The molecule has 68 valence electrons. The van der Waals surface area contributed by atoms with Crippen LogP contribution < -0.4 is 39.4 Å². The molecule has 0 amide bonds. The SMILES string of the molecule is COc1cccc(C(=O)C=C[O-])c1.[Na+]. The second kappa shape index (κ2) is 6.65. The van der Waals surface area contributed by atoms with E-state index < -0.39 is 0 Å². The molecule has 1 aromatic rings. The second-order valence-electron chi connectivity index (χ2n) is 2.40. The summed E-state index contributed by atoms with van der Waals surface area (Å²) < 4.78 is 4.93. The third kappa shape index (κ3) is 3.54. The van der Waals surface area contributed by atoms with Gasteiger partial charge >= 0.3 is 29.6 Å². The summed E-state index contributed by atoms with van der Waals surface area (Å²) in [5.41, 5.74) is 0.450. The minimum absolute atomic E-state index is 0. The topological polar surface area (TPSA) is 49.4 Å². The van der Waals surface area contributed by atoms with Gasteiger partial charge in [-0.15, -0.1) is 6.26 Å². The van der Waals surface area contributed by atoms with Gasteiger partial charge in [0.2, 0.25) is 0 Å². The average Bonchev–Trinajstić information content (AvgIpc) is 2.18. The zero-order chi connectivity index (χ0) is 9.68. The molecule has 0 fully saturated rings. The molecule has 0 aliphatic heterocycles. The molecule has 1 rings (SSSR count). The van der Waals surface area contributed by atoms with E-state index in [0.717, 1.165) is 6.08 Å². The van der Waals surface area contributed by atoms with Crippen molar-refractivity contribution >= 4 is 5.78 Å². The fourth-order valence-corrected chi connectivity index (χ4v) is 0.934. The fraction of sp³-hybridized carbons (Fsp3) is 0.100. The van der Waals surface area contributed by atoms with Crippen LogP contribution in [-0.4, -0.2) is 12.9 Å². The average molecular weight is 200 g/mol. The molecule has 0 heterocycles. The summed E-state index contributed by atoms with van der Waals surface area (Å²) >= 11 is 0. The summed E-state index contributed by atoms with van der Waals surface area (Å²) in [6.07, 6.45) is 1.45. The first-order valence-electron chi connectivity index (χ1n) is 3.75. The van der Waals surface area contributed by atoms with Gasteiger partial charge in [-0.3, -0.25) is 4.79 Å². The van der Waals surface area contributed by atoms with Crippen molar-refractivity contribution in [3.8, 4) is 5.75 Å². The molecular formula is C10H9NaO3. The minimum atomic E-state index is -0.311. The number of hydrogen-bond donors (Lipinski definition) is 0. The van der Waals surface area contributed by atoms with Gasteiger partial charge in [-0.25, -0.2) is 0 Å². The van der Waals surface area contributed by atoms with E-state index in [1.54, 1.807) is 24.3 Å². The van der Waals surface area contributed by atoms with Gasteiger partial charge in [-0.05, 0) is 18.2 Å². The molecule has 0 aliphatic rings. The Hall–Kier alpha value is -0.770. The molecule has 0 saturated carbocycles. The van der Waals surface area contributed by atoms with Crippen LogP contribution in [0.1, 0.15) is 10.4 Å². The molecule has 0 saturated heterocycles. The van der Waals surface area contributed by atoms with E-state index in [2.05, 4.69) is 0 Å². The van der Waals surface area contributed by atoms with E-state index in [1.807, 2.05) is 0 Å². The van der Waals surface area contributed by atoms with Crippen LogP contribution in [0.4, 0.5) is 0 Å². The molecule has 14 heavy (non-hydrogen) atoms. The summed E-state index contributed by atoms with van der Waals surface area (Å²) in [4.78, 5) is 11.2. The Morgan fingerprint density at radius 3 is 2.79 bits per heavy atom. The van der Waals surface area contributed by atoms with E-state index >= 15 is 0 Å². The molecule has 0 spiro atoms. The Bertz CT molecular complexity index is 334. The molecule has 0 N–H and O–H groups in total. The summed E-state index contributed by atoms with van der Waals surface area (Å²) in [7, 11) is 1.52. The number of carbonyl (C=O) groups excluding carboxylic acids is 1. The van der Waals surface area contributed by atoms with Gasteiger partial charge in [0.1, 0.15) is 5.75 Å². The van der Waals surface area contributed by atoms with Crippen molar-refractivity contribution in [2.45, 2.75) is 0 Å². The first-order valence-corrected chi connectivity index (χ1v) is 3.75. The van der Waals surface area contributed by atoms with E-state index in [-0.39, 0.29) is 35.3 Å². The zero-order valence-electron chi connectivity index (χ0n) is 8.19. The van der Waals surface area contributed by atoms with Crippen molar-refractivity contribution in [2.75, 3.05) is 7.11 Å². The number of ketones is 1. The van der Waals surface area contributed by atoms with E-state index in [9.17, 15) is 9.90 Å².